The lowest BCUT2D eigenvalue weighted by atomic mass is 9.85. The number of rotatable bonds is 4. The highest BCUT2D eigenvalue weighted by atomic mass is 15.6. The van der Waals surface area contributed by atoms with Gasteiger partial charge < -0.3 is 5.73 Å². The van der Waals surface area contributed by atoms with Gasteiger partial charge in [-0.1, -0.05) is 37.3 Å². The summed E-state index contributed by atoms with van der Waals surface area (Å²) in [6.07, 6.45) is 1.43. The van der Waals surface area contributed by atoms with Crippen LogP contribution in [0.1, 0.15) is 24.7 Å². The molecule has 0 aliphatic rings. The molecule has 0 aliphatic heterocycles. The summed E-state index contributed by atoms with van der Waals surface area (Å²) in [5.74, 6) is 0.681. The Bertz CT molecular complexity index is 479. The van der Waals surface area contributed by atoms with Crippen molar-refractivity contribution in [1.29, 1.82) is 0 Å². The van der Waals surface area contributed by atoms with Gasteiger partial charge in [-0.05, 0) is 17.2 Å². The molecule has 1 unspecified atom stereocenters. The number of aromatic nitrogens is 4. The van der Waals surface area contributed by atoms with E-state index in [4.69, 9.17) is 5.73 Å². The van der Waals surface area contributed by atoms with Crippen LogP contribution in [-0.4, -0.2) is 20.2 Å². The first-order valence-electron chi connectivity index (χ1n) is 5.71. The van der Waals surface area contributed by atoms with Crippen molar-refractivity contribution in [3.8, 4) is 0 Å². The van der Waals surface area contributed by atoms with Crippen molar-refractivity contribution >= 4 is 0 Å². The van der Waals surface area contributed by atoms with Crippen LogP contribution >= 0.6 is 0 Å². The number of hydrogen-bond acceptors (Lipinski definition) is 4. The second-order valence-electron chi connectivity index (χ2n) is 4.25. The van der Waals surface area contributed by atoms with Crippen molar-refractivity contribution in [3.63, 3.8) is 0 Å². The van der Waals surface area contributed by atoms with Crippen LogP contribution in [0.15, 0.2) is 30.3 Å². The Morgan fingerprint density at radius 1 is 1.29 bits per heavy atom. The molecule has 0 aliphatic carbocycles. The zero-order valence-corrected chi connectivity index (χ0v) is 10.2. The van der Waals surface area contributed by atoms with Crippen molar-refractivity contribution < 1.29 is 0 Å². The van der Waals surface area contributed by atoms with Crippen LogP contribution in [0.5, 0.6) is 0 Å². The standard InChI is InChI=1S/C12H17N5/c1-3-12(13,10-7-5-4-6-8-10)9-11-14-16-17(2)15-11/h4-8H,3,9,13H2,1-2H3. The van der Waals surface area contributed by atoms with E-state index < -0.39 is 5.54 Å². The summed E-state index contributed by atoms with van der Waals surface area (Å²) in [5.41, 5.74) is 7.12. The third kappa shape index (κ3) is 2.50. The highest BCUT2D eigenvalue weighted by Crippen LogP contribution is 2.24. The van der Waals surface area contributed by atoms with Gasteiger partial charge in [0.05, 0.1) is 7.05 Å². The number of tetrazole rings is 1. The molecule has 90 valence electrons. The molecule has 2 N–H and O–H groups in total. The number of nitrogens with two attached hydrogens (primary N) is 1. The molecule has 1 heterocycles. The van der Waals surface area contributed by atoms with E-state index >= 15 is 0 Å². The topological polar surface area (TPSA) is 69.6 Å². The summed E-state index contributed by atoms with van der Waals surface area (Å²) in [4.78, 5) is 1.45. The van der Waals surface area contributed by atoms with Crippen molar-refractivity contribution in [2.45, 2.75) is 25.3 Å². The first kappa shape index (κ1) is 11.7. The quantitative estimate of drug-likeness (QED) is 0.852. The zero-order valence-electron chi connectivity index (χ0n) is 10.2. The Kier molecular flexibility index (Phi) is 3.19. The Hall–Kier alpha value is -1.75. The third-order valence-corrected chi connectivity index (χ3v) is 3.00. The molecule has 0 fully saturated rings. The van der Waals surface area contributed by atoms with Gasteiger partial charge in [0.15, 0.2) is 5.82 Å². The molecule has 0 amide bonds. The molecule has 5 nitrogen and oxygen atoms in total. The highest BCUT2D eigenvalue weighted by molar-refractivity contribution is 5.24. The number of aryl methyl sites for hydroxylation is 1. The molecule has 0 bridgehead atoms. The minimum absolute atomic E-state index is 0.426. The van der Waals surface area contributed by atoms with Crippen molar-refractivity contribution in [2.24, 2.45) is 12.8 Å². The number of hydrogen-bond donors (Lipinski definition) is 1. The van der Waals surface area contributed by atoms with Gasteiger partial charge in [0.2, 0.25) is 0 Å². The van der Waals surface area contributed by atoms with Crippen LogP contribution in [0.3, 0.4) is 0 Å². The smallest absolute Gasteiger partial charge is 0.176 e. The summed E-state index contributed by atoms with van der Waals surface area (Å²) >= 11 is 0. The fourth-order valence-corrected chi connectivity index (χ4v) is 1.88. The molecule has 2 rings (SSSR count). The SMILES string of the molecule is CCC(N)(Cc1nnn(C)n1)c1ccccc1. The minimum Gasteiger partial charge on any atom is -0.321 e. The summed E-state index contributed by atoms with van der Waals surface area (Å²) in [6, 6.07) is 10.1. The summed E-state index contributed by atoms with van der Waals surface area (Å²) in [6.45, 7) is 2.07. The fourth-order valence-electron chi connectivity index (χ4n) is 1.88. The first-order valence-corrected chi connectivity index (χ1v) is 5.71. The third-order valence-electron chi connectivity index (χ3n) is 3.00. The molecule has 2 aromatic rings. The van der Waals surface area contributed by atoms with E-state index in [1.807, 2.05) is 30.3 Å². The Morgan fingerprint density at radius 2 is 2.00 bits per heavy atom. The predicted octanol–water partition coefficient (Wildman–Crippen LogP) is 1.02. The van der Waals surface area contributed by atoms with Crippen LogP contribution < -0.4 is 5.73 Å². The summed E-state index contributed by atoms with van der Waals surface area (Å²) < 4.78 is 0. The van der Waals surface area contributed by atoms with Gasteiger partial charge in [0, 0.05) is 12.0 Å². The molecular formula is C12H17N5. The molecule has 0 saturated carbocycles. The lowest BCUT2D eigenvalue weighted by Crippen LogP contribution is -2.38. The maximum Gasteiger partial charge on any atom is 0.176 e. The second kappa shape index (κ2) is 4.63. The van der Waals surface area contributed by atoms with Gasteiger partial charge in [-0.2, -0.15) is 4.80 Å². The van der Waals surface area contributed by atoms with Gasteiger partial charge in [0.1, 0.15) is 0 Å². The summed E-state index contributed by atoms with van der Waals surface area (Å²) in [5, 5.41) is 12.0. The maximum absolute atomic E-state index is 6.44. The molecule has 0 radical (unpaired) electrons. The molecule has 17 heavy (non-hydrogen) atoms. The van der Waals surface area contributed by atoms with E-state index in [1.165, 1.54) is 4.80 Å². The van der Waals surface area contributed by atoms with Crippen LogP contribution in [0, 0.1) is 0 Å². The molecule has 0 spiro atoms. The van der Waals surface area contributed by atoms with E-state index in [2.05, 4.69) is 22.3 Å². The molecule has 0 saturated heterocycles. The average Bonchev–Trinajstić information content (AvgIpc) is 2.75. The average molecular weight is 231 g/mol. The Morgan fingerprint density at radius 3 is 2.53 bits per heavy atom. The predicted molar refractivity (Wildman–Crippen MR) is 65.1 cm³/mol. The van der Waals surface area contributed by atoms with E-state index in [9.17, 15) is 0 Å². The van der Waals surface area contributed by atoms with Crippen LogP contribution in [0.2, 0.25) is 0 Å². The van der Waals surface area contributed by atoms with Crippen LogP contribution in [0.4, 0.5) is 0 Å². The number of nitrogens with zero attached hydrogens (tertiary/aromatic N) is 4. The lowest BCUT2D eigenvalue weighted by Gasteiger charge is -2.27. The molecule has 5 heteroatoms. The van der Waals surface area contributed by atoms with Gasteiger partial charge in [0.25, 0.3) is 0 Å². The van der Waals surface area contributed by atoms with Crippen LogP contribution in [-0.2, 0) is 19.0 Å². The van der Waals surface area contributed by atoms with E-state index in [0.29, 0.717) is 12.2 Å². The second-order valence-corrected chi connectivity index (χ2v) is 4.25. The first-order chi connectivity index (χ1) is 8.14. The largest absolute Gasteiger partial charge is 0.321 e. The highest BCUT2D eigenvalue weighted by Gasteiger charge is 2.27. The molecule has 1 aromatic heterocycles. The Labute approximate surface area is 101 Å². The van der Waals surface area contributed by atoms with Gasteiger partial charge >= 0.3 is 0 Å². The van der Waals surface area contributed by atoms with E-state index in [0.717, 1.165) is 12.0 Å². The minimum atomic E-state index is -0.426. The molecule has 1 aromatic carbocycles. The Balaban J connectivity index is 2.26. The van der Waals surface area contributed by atoms with Crippen molar-refractivity contribution in [3.05, 3.63) is 41.7 Å². The monoisotopic (exact) mass is 231 g/mol. The maximum atomic E-state index is 6.44. The normalized spacial score (nSPS) is 14.5. The van der Waals surface area contributed by atoms with Gasteiger partial charge in [-0.3, -0.25) is 0 Å². The van der Waals surface area contributed by atoms with Crippen molar-refractivity contribution in [2.75, 3.05) is 0 Å². The van der Waals surface area contributed by atoms with E-state index in [1.54, 1.807) is 7.05 Å². The lowest BCUT2D eigenvalue weighted by molar-refractivity contribution is 0.414. The fraction of sp³-hybridized carbons (Fsp3) is 0.417. The van der Waals surface area contributed by atoms with Gasteiger partial charge in [-0.15, -0.1) is 10.2 Å². The molecular weight excluding hydrogens is 214 g/mol. The zero-order chi connectivity index (χ0) is 12.3. The number of benzene rings is 1. The summed E-state index contributed by atoms with van der Waals surface area (Å²) in [7, 11) is 1.75. The van der Waals surface area contributed by atoms with Crippen molar-refractivity contribution in [1.82, 2.24) is 20.2 Å². The van der Waals surface area contributed by atoms with E-state index in [-0.39, 0.29) is 0 Å². The van der Waals surface area contributed by atoms with Gasteiger partial charge in [-0.25, -0.2) is 0 Å². The van der Waals surface area contributed by atoms with Crippen LogP contribution in [0.25, 0.3) is 0 Å². The molecule has 1 atom stereocenters.